The first-order valence-corrected chi connectivity index (χ1v) is 6.49. The largest absolute Gasteiger partial charge is 0.494 e. The summed E-state index contributed by atoms with van der Waals surface area (Å²) >= 11 is 0. The van der Waals surface area contributed by atoms with Crippen molar-refractivity contribution in [3.8, 4) is 5.75 Å². The van der Waals surface area contributed by atoms with E-state index < -0.39 is 0 Å². The fourth-order valence-electron chi connectivity index (χ4n) is 2.47. The Morgan fingerprint density at radius 1 is 1.28 bits per heavy atom. The molecule has 1 aromatic rings. The molecule has 1 saturated carbocycles. The first-order valence-electron chi connectivity index (χ1n) is 6.49. The predicted molar refractivity (Wildman–Crippen MR) is 69.7 cm³/mol. The lowest BCUT2D eigenvalue weighted by atomic mass is 9.74. The Morgan fingerprint density at radius 2 is 1.94 bits per heavy atom. The average Bonchev–Trinajstić information content (AvgIpc) is 2.47. The molecule has 0 unspecified atom stereocenters. The smallest absolute Gasteiger partial charge is 0.222 e. The van der Waals surface area contributed by atoms with Gasteiger partial charge in [-0.05, 0) is 12.8 Å². The molecule has 1 aromatic heterocycles. The van der Waals surface area contributed by atoms with Crippen LogP contribution in [0.3, 0.4) is 0 Å². The Bertz CT molecular complexity index is 361. The van der Waals surface area contributed by atoms with Crippen LogP contribution in [0.2, 0.25) is 0 Å². The van der Waals surface area contributed by atoms with E-state index in [9.17, 15) is 5.11 Å². The molecule has 0 aromatic carbocycles. The highest BCUT2D eigenvalue weighted by Gasteiger charge is 2.31. The van der Waals surface area contributed by atoms with E-state index in [0.717, 1.165) is 19.4 Å². The van der Waals surface area contributed by atoms with Crippen molar-refractivity contribution in [2.24, 2.45) is 5.41 Å². The van der Waals surface area contributed by atoms with Crippen LogP contribution in [-0.2, 0) is 0 Å². The number of methoxy groups -OCH3 is 1. The molecule has 5 heteroatoms. The van der Waals surface area contributed by atoms with Gasteiger partial charge in [-0.25, -0.2) is 9.97 Å². The normalized spacial score (nSPS) is 18.3. The number of hydrogen-bond donors (Lipinski definition) is 2. The van der Waals surface area contributed by atoms with Crippen LogP contribution >= 0.6 is 0 Å². The fourth-order valence-corrected chi connectivity index (χ4v) is 2.47. The molecule has 5 nitrogen and oxygen atoms in total. The first kappa shape index (κ1) is 13.1. The van der Waals surface area contributed by atoms with E-state index >= 15 is 0 Å². The summed E-state index contributed by atoms with van der Waals surface area (Å²) in [5.41, 5.74) is 0.00153. The van der Waals surface area contributed by atoms with Gasteiger partial charge in [0.05, 0.1) is 26.1 Å². The van der Waals surface area contributed by atoms with Crippen LogP contribution in [-0.4, -0.2) is 35.3 Å². The third-order valence-electron chi connectivity index (χ3n) is 3.73. The molecule has 0 amide bonds. The summed E-state index contributed by atoms with van der Waals surface area (Å²) < 4.78 is 5.01. The summed E-state index contributed by atoms with van der Waals surface area (Å²) in [6, 6.07) is 0. The predicted octanol–water partition coefficient (Wildman–Crippen LogP) is 1.84. The summed E-state index contributed by atoms with van der Waals surface area (Å²) in [6.07, 6.45) is 9.11. The summed E-state index contributed by atoms with van der Waals surface area (Å²) in [5.74, 6) is 1.24. The molecule has 1 aliphatic rings. The lowest BCUT2D eigenvalue weighted by Gasteiger charge is -2.35. The average molecular weight is 251 g/mol. The number of hydrogen-bond acceptors (Lipinski definition) is 5. The minimum Gasteiger partial charge on any atom is -0.494 e. The zero-order valence-corrected chi connectivity index (χ0v) is 10.9. The second-order valence-electron chi connectivity index (χ2n) is 5.02. The van der Waals surface area contributed by atoms with Gasteiger partial charge in [0.25, 0.3) is 0 Å². The van der Waals surface area contributed by atoms with Crippen molar-refractivity contribution in [1.82, 2.24) is 9.97 Å². The Hall–Kier alpha value is -1.36. The molecule has 0 atom stereocenters. The minimum atomic E-state index is 0.00153. The molecule has 1 fully saturated rings. The molecule has 1 aliphatic carbocycles. The Morgan fingerprint density at radius 3 is 2.50 bits per heavy atom. The number of aromatic nitrogens is 2. The van der Waals surface area contributed by atoms with Crippen molar-refractivity contribution in [2.75, 3.05) is 25.6 Å². The topological polar surface area (TPSA) is 67.3 Å². The molecule has 2 N–H and O–H groups in total. The highest BCUT2D eigenvalue weighted by atomic mass is 16.5. The van der Waals surface area contributed by atoms with Crippen LogP contribution in [0.15, 0.2) is 12.4 Å². The second-order valence-corrected chi connectivity index (χ2v) is 5.02. The van der Waals surface area contributed by atoms with Gasteiger partial charge in [0, 0.05) is 12.0 Å². The van der Waals surface area contributed by atoms with Crippen LogP contribution in [0.25, 0.3) is 0 Å². The van der Waals surface area contributed by atoms with Gasteiger partial charge in [0.2, 0.25) is 5.95 Å². The zero-order chi connectivity index (χ0) is 12.8. The third kappa shape index (κ3) is 3.10. The van der Waals surface area contributed by atoms with Gasteiger partial charge in [0.1, 0.15) is 0 Å². The van der Waals surface area contributed by atoms with Crippen LogP contribution in [0.5, 0.6) is 5.75 Å². The van der Waals surface area contributed by atoms with Crippen molar-refractivity contribution < 1.29 is 9.84 Å². The van der Waals surface area contributed by atoms with E-state index in [1.165, 1.54) is 19.3 Å². The van der Waals surface area contributed by atoms with Crippen LogP contribution in [0, 0.1) is 5.41 Å². The van der Waals surface area contributed by atoms with Gasteiger partial charge in [0.15, 0.2) is 5.75 Å². The number of ether oxygens (including phenoxy) is 1. The van der Waals surface area contributed by atoms with Gasteiger partial charge >= 0.3 is 0 Å². The van der Waals surface area contributed by atoms with Gasteiger partial charge < -0.3 is 15.2 Å². The maximum Gasteiger partial charge on any atom is 0.222 e. The lowest BCUT2D eigenvalue weighted by molar-refractivity contribution is 0.0942. The third-order valence-corrected chi connectivity index (χ3v) is 3.73. The van der Waals surface area contributed by atoms with E-state index in [4.69, 9.17) is 4.74 Å². The molecule has 2 rings (SSSR count). The van der Waals surface area contributed by atoms with Crippen LogP contribution < -0.4 is 10.1 Å². The molecule has 1 heterocycles. The van der Waals surface area contributed by atoms with Gasteiger partial charge in [-0.3, -0.25) is 0 Å². The van der Waals surface area contributed by atoms with E-state index in [2.05, 4.69) is 15.3 Å². The quantitative estimate of drug-likeness (QED) is 0.835. The molecule has 0 saturated heterocycles. The molecule has 0 radical (unpaired) electrons. The Balaban J connectivity index is 1.92. The summed E-state index contributed by atoms with van der Waals surface area (Å²) in [7, 11) is 1.59. The summed E-state index contributed by atoms with van der Waals surface area (Å²) in [6.45, 7) is 0.964. The van der Waals surface area contributed by atoms with Gasteiger partial charge in [-0.1, -0.05) is 19.3 Å². The van der Waals surface area contributed by atoms with Gasteiger partial charge in [-0.15, -0.1) is 0 Å². The summed E-state index contributed by atoms with van der Waals surface area (Å²) in [4.78, 5) is 8.34. The molecular formula is C13H21N3O2. The molecule has 18 heavy (non-hydrogen) atoms. The van der Waals surface area contributed by atoms with E-state index in [-0.39, 0.29) is 12.0 Å². The SMILES string of the molecule is COc1cnc(NCC2(CO)CCCCC2)nc1. The van der Waals surface area contributed by atoms with Gasteiger partial charge in [-0.2, -0.15) is 0 Å². The maximum absolute atomic E-state index is 9.60. The molecular weight excluding hydrogens is 230 g/mol. The van der Waals surface area contributed by atoms with Crippen molar-refractivity contribution >= 4 is 5.95 Å². The number of aliphatic hydroxyl groups is 1. The molecule has 0 bridgehead atoms. The van der Waals surface area contributed by atoms with Crippen molar-refractivity contribution in [3.63, 3.8) is 0 Å². The number of nitrogens with zero attached hydrogens (tertiary/aromatic N) is 2. The molecule has 0 spiro atoms. The number of nitrogens with one attached hydrogen (secondary N) is 1. The number of rotatable bonds is 5. The monoisotopic (exact) mass is 251 g/mol. The standard InChI is InChI=1S/C13H21N3O2/c1-18-11-7-14-12(15-8-11)16-9-13(10-17)5-3-2-4-6-13/h7-8,17H,2-6,9-10H2,1H3,(H,14,15,16). The lowest BCUT2D eigenvalue weighted by Crippen LogP contribution is -2.35. The maximum atomic E-state index is 9.60. The van der Waals surface area contributed by atoms with Crippen molar-refractivity contribution in [3.05, 3.63) is 12.4 Å². The highest BCUT2D eigenvalue weighted by Crippen LogP contribution is 2.35. The minimum absolute atomic E-state index is 0.00153. The highest BCUT2D eigenvalue weighted by molar-refractivity contribution is 5.27. The number of aliphatic hydroxyl groups excluding tert-OH is 1. The Labute approximate surface area is 108 Å². The molecule has 100 valence electrons. The summed E-state index contributed by atoms with van der Waals surface area (Å²) in [5, 5.41) is 12.8. The zero-order valence-electron chi connectivity index (χ0n) is 10.9. The van der Waals surface area contributed by atoms with Crippen LogP contribution in [0.4, 0.5) is 5.95 Å². The van der Waals surface area contributed by atoms with Crippen molar-refractivity contribution in [1.29, 1.82) is 0 Å². The fraction of sp³-hybridized carbons (Fsp3) is 0.692. The van der Waals surface area contributed by atoms with Crippen molar-refractivity contribution in [2.45, 2.75) is 32.1 Å². The van der Waals surface area contributed by atoms with E-state index in [1.807, 2.05) is 0 Å². The second kappa shape index (κ2) is 6.00. The Kier molecular flexibility index (Phi) is 4.36. The van der Waals surface area contributed by atoms with Crippen LogP contribution in [0.1, 0.15) is 32.1 Å². The number of anilines is 1. The van der Waals surface area contributed by atoms with E-state index in [1.54, 1.807) is 19.5 Å². The van der Waals surface area contributed by atoms with E-state index in [0.29, 0.717) is 11.7 Å². The first-order chi connectivity index (χ1) is 8.78. The molecule has 0 aliphatic heterocycles.